The van der Waals surface area contributed by atoms with Gasteiger partial charge in [0.2, 0.25) is 0 Å². The number of ketones is 1. The molecule has 2 aliphatic rings. The molecule has 1 unspecified atom stereocenters. The molecule has 5 nitrogen and oxygen atoms in total. The Morgan fingerprint density at radius 2 is 1.97 bits per heavy atom. The number of aliphatic hydroxyl groups is 1. The third-order valence-corrected chi connectivity index (χ3v) is 7.25. The zero-order valence-corrected chi connectivity index (χ0v) is 18.9. The number of hydrogen-bond donors (Lipinski definition) is 1. The molecule has 1 atom stereocenters. The second kappa shape index (κ2) is 9.27. The van der Waals surface area contributed by atoms with E-state index in [0.717, 1.165) is 49.0 Å². The molecule has 4 rings (SSSR count). The molecule has 2 heterocycles. The molecule has 2 fully saturated rings. The van der Waals surface area contributed by atoms with E-state index in [1.54, 1.807) is 23.1 Å². The van der Waals surface area contributed by atoms with Crippen molar-refractivity contribution in [3.63, 3.8) is 0 Å². The normalized spacial score (nSPS) is 21.6. The lowest BCUT2D eigenvalue weighted by molar-refractivity contribution is -0.141. The second-order valence-electron chi connectivity index (χ2n) is 8.34. The lowest BCUT2D eigenvalue weighted by Crippen LogP contribution is -2.40. The first-order valence-electron chi connectivity index (χ1n) is 11.1. The quantitative estimate of drug-likeness (QED) is 0.361. The molecule has 1 aliphatic heterocycles. The van der Waals surface area contributed by atoms with Gasteiger partial charge in [0.05, 0.1) is 12.2 Å². The van der Waals surface area contributed by atoms with Crippen LogP contribution in [-0.4, -0.2) is 34.3 Å². The Bertz CT molecular complexity index is 1000. The number of rotatable bonds is 6. The molecule has 1 aromatic carbocycles. The number of hydrogen-bond acceptors (Lipinski definition) is 5. The fourth-order valence-electron chi connectivity index (χ4n) is 4.62. The van der Waals surface area contributed by atoms with Gasteiger partial charge in [0.25, 0.3) is 11.7 Å². The van der Waals surface area contributed by atoms with E-state index < -0.39 is 17.7 Å². The Balaban J connectivity index is 1.81. The number of aliphatic hydroxyl groups excluding tert-OH is 1. The maximum atomic E-state index is 13.2. The Labute approximate surface area is 187 Å². The second-order valence-corrected chi connectivity index (χ2v) is 9.29. The van der Waals surface area contributed by atoms with Crippen LogP contribution in [0.1, 0.15) is 67.5 Å². The summed E-state index contributed by atoms with van der Waals surface area (Å²) in [5.41, 5.74) is 1.71. The summed E-state index contributed by atoms with van der Waals surface area (Å²) >= 11 is 1.53. The molecule has 1 aliphatic carbocycles. The van der Waals surface area contributed by atoms with Gasteiger partial charge in [-0.15, -0.1) is 11.3 Å². The van der Waals surface area contributed by atoms with Gasteiger partial charge in [-0.25, -0.2) is 0 Å². The minimum atomic E-state index is -0.597. The fraction of sp³-hybridized carbons (Fsp3) is 0.440. The van der Waals surface area contributed by atoms with E-state index in [-0.39, 0.29) is 17.4 Å². The van der Waals surface area contributed by atoms with Crippen LogP contribution >= 0.6 is 11.3 Å². The first kappa shape index (κ1) is 21.6. The third-order valence-electron chi connectivity index (χ3n) is 6.18. The zero-order valence-electron chi connectivity index (χ0n) is 18.1. The molecular weight excluding hydrogens is 410 g/mol. The van der Waals surface area contributed by atoms with Crippen molar-refractivity contribution in [2.45, 2.75) is 64.5 Å². The molecule has 1 amide bonds. The number of Topliss-reactive ketones (excluding diaryl/α,β-unsaturated/α-hetero) is 1. The van der Waals surface area contributed by atoms with Gasteiger partial charge in [0, 0.05) is 16.5 Å². The molecule has 0 bridgehead atoms. The summed E-state index contributed by atoms with van der Waals surface area (Å²) in [6.45, 7) is 4.59. The van der Waals surface area contributed by atoms with Gasteiger partial charge in [-0.1, -0.05) is 38.3 Å². The van der Waals surface area contributed by atoms with Gasteiger partial charge < -0.3 is 14.7 Å². The van der Waals surface area contributed by atoms with E-state index in [9.17, 15) is 14.7 Å². The number of thiophene rings is 1. The highest BCUT2D eigenvalue weighted by Crippen LogP contribution is 2.45. The van der Waals surface area contributed by atoms with Crippen molar-refractivity contribution in [1.29, 1.82) is 0 Å². The van der Waals surface area contributed by atoms with Crippen LogP contribution in [0.25, 0.3) is 5.76 Å². The Hall–Kier alpha value is -2.60. The third kappa shape index (κ3) is 4.13. The summed E-state index contributed by atoms with van der Waals surface area (Å²) in [5.74, 6) is -0.585. The van der Waals surface area contributed by atoms with E-state index in [2.05, 4.69) is 0 Å². The monoisotopic (exact) mass is 439 g/mol. The topological polar surface area (TPSA) is 66.8 Å². The molecule has 1 saturated heterocycles. The van der Waals surface area contributed by atoms with Crippen LogP contribution in [0.3, 0.4) is 0 Å². The number of carbonyl (C=O) groups is 2. The van der Waals surface area contributed by atoms with Crippen LogP contribution in [0.5, 0.6) is 5.75 Å². The molecule has 31 heavy (non-hydrogen) atoms. The van der Waals surface area contributed by atoms with Crippen LogP contribution < -0.4 is 4.74 Å². The summed E-state index contributed by atoms with van der Waals surface area (Å²) in [4.78, 5) is 29.1. The van der Waals surface area contributed by atoms with Crippen LogP contribution in [0.4, 0.5) is 0 Å². The number of nitrogens with zero attached hydrogens (tertiary/aromatic N) is 1. The molecule has 1 N–H and O–H groups in total. The highest BCUT2D eigenvalue weighted by atomic mass is 32.1. The number of likely N-dealkylation sites (tertiary alicyclic amines) is 1. The first-order valence-corrected chi connectivity index (χ1v) is 12.0. The van der Waals surface area contributed by atoms with E-state index in [0.29, 0.717) is 17.9 Å². The van der Waals surface area contributed by atoms with Crippen molar-refractivity contribution < 1.29 is 19.4 Å². The van der Waals surface area contributed by atoms with Gasteiger partial charge >= 0.3 is 0 Å². The van der Waals surface area contributed by atoms with Crippen molar-refractivity contribution in [2.75, 3.05) is 6.61 Å². The van der Waals surface area contributed by atoms with Crippen molar-refractivity contribution in [3.05, 3.63) is 57.3 Å². The van der Waals surface area contributed by atoms with E-state index in [1.165, 1.54) is 11.3 Å². The standard InChI is InChI=1S/C25H29NO4S/c1-3-13-30-19-11-7-8-17(15-19)22(27)20-21(24-16(2)12-14-31-24)26(25(29)23(20)28)18-9-5-4-6-10-18/h7-8,11-12,14-15,18,21,27H,3-6,9-10,13H2,1-2H3/b22-20-. The van der Waals surface area contributed by atoms with Gasteiger partial charge in [-0.3, -0.25) is 9.59 Å². The van der Waals surface area contributed by atoms with Crippen molar-refractivity contribution >= 4 is 28.8 Å². The SMILES string of the molecule is CCCOc1cccc(/C(O)=C2/C(=O)C(=O)N(C3CCCCC3)C2c2sccc2C)c1. The Morgan fingerprint density at radius 3 is 2.65 bits per heavy atom. The highest BCUT2D eigenvalue weighted by molar-refractivity contribution is 7.10. The molecule has 0 radical (unpaired) electrons. The zero-order chi connectivity index (χ0) is 22.0. The largest absolute Gasteiger partial charge is 0.507 e. The Kier molecular flexibility index (Phi) is 6.46. The highest BCUT2D eigenvalue weighted by Gasteiger charge is 2.49. The molecule has 1 saturated carbocycles. The predicted octanol–water partition coefficient (Wildman–Crippen LogP) is 5.60. The minimum Gasteiger partial charge on any atom is -0.507 e. The number of ether oxygens (including phenoxy) is 1. The predicted molar refractivity (Wildman–Crippen MR) is 122 cm³/mol. The lowest BCUT2D eigenvalue weighted by atomic mass is 9.92. The molecular formula is C25H29NO4S. The number of aryl methyl sites for hydroxylation is 1. The van der Waals surface area contributed by atoms with Gasteiger partial charge in [0.1, 0.15) is 17.6 Å². The van der Waals surface area contributed by atoms with Gasteiger partial charge in [-0.05, 0) is 55.3 Å². The average molecular weight is 440 g/mol. The summed E-state index contributed by atoms with van der Waals surface area (Å²) in [5, 5.41) is 13.2. The fourth-order valence-corrected chi connectivity index (χ4v) is 5.65. The molecule has 164 valence electrons. The molecule has 6 heteroatoms. The van der Waals surface area contributed by atoms with Gasteiger partial charge in [0.15, 0.2) is 0 Å². The number of amides is 1. The number of carbonyl (C=O) groups excluding carboxylic acids is 2. The maximum absolute atomic E-state index is 13.2. The average Bonchev–Trinajstić information content (AvgIpc) is 3.33. The first-order chi connectivity index (χ1) is 15.0. The summed E-state index contributed by atoms with van der Waals surface area (Å²) in [6, 6.07) is 8.60. The van der Waals surface area contributed by atoms with E-state index in [1.807, 2.05) is 31.4 Å². The van der Waals surface area contributed by atoms with E-state index in [4.69, 9.17) is 4.74 Å². The van der Waals surface area contributed by atoms with Crippen molar-refractivity contribution in [3.8, 4) is 5.75 Å². The van der Waals surface area contributed by atoms with Crippen molar-refractivity contribution in [1.82, 2.24) is 4.90 Å². The van der Waals surface area contributed by atoms with Crippen LogP contribution in [0, 0.1) is 6.92 Å². The minimum absolute atomic E-state index is 0.0289. The van der Waals surface area contributed by atoms with Crippen LogP contribution in [0.2, 0.25) is 0 Å². The Morgan fingerprint density at radius 1 is 1.19 bits per heavy atom. The summed E-state index contributed by atoms with van der Waals surface area (Å²) in [7, 11) is 0. The number of benzene rings is 1. The van der Waals surface area contributed by atoms with Crippen molar-refractivity contribution in [2.24, 2.45) is 0 Å². The van der Waals surface area contributed by atoms with Crippen LogP contribution in [0.15, 0.2) is 41.3 Å². The molecule has 1 aromatic heterocycles. The summed E-state index contributed by atoms with van der Waals surface area (Å²) in [6.07, 6.45) is 5.94. The smallest absolute Gasteiger partial charge is 0.295 e. The van der Waals surface area contributed by atoms with Gasteiger partial charge in [-0.2, -0.15) is 0 Å². The maximum Gasteiger partial charge on any atom is 0.295 e. The molecule has 0 spiro atoms. The molecule has 2 aromatic rings. The van der Waals surface area contributed by atoms with Crippen LogP contribution in [-0.2, 0) is 9.59 Å². The lowest BCUT2D eigenvalue weighted by Gasteiger charge is -2.35. The van der Waals surface area contributed by atoms with E-state index >= 15 is 0 Å². The summed E-state index contributed by atoms with van der Waals surface area (Å²) < 4.78 is 5.70.